The number of phenolic OH excluding ortho intramolecular Hbond substituents is 1. The number of anilines is 3. The summed E-state index contributed by atoms with van der Waals surface area (Å²) in [6, 6.07) is 4.12. The van der Waals surface area contributed by atoms with E-state index in [2.05, 4.69) is 5.32 Å². The number of aromatic hydroxyl groups is 1. The van der Waals surface area contributed by atoms with Crippen molar-refractivity contribution in [1.82, 2.24) is 4.90 Å². The molecule has 1 heterocycles. The maximum absolute atomic E-state index is 13.6. The molecule has 1 amide bonds. The first-order valence-corrected chi connectivity index (χ1v) is 8.95. The van der Waals surface area contributed by atoms with Crippen molar-refractivity contribution in [2.45, 2.75) is 19.1 Å². The number of amides is 1. The molecule has 0 fully saturated rings. The van der Waals surface area contributed by atoms with E-state index in [1.807, 2.05) is 5.32 Å². The van der Waals surface area contributed by atoms with Gasteiger partial charge in [0.1, 0.15) is 22.9 Å². The molecule has 164 valence electrons. The van der Waals surface area contributed by atoms with E-state index >= 15 is 0 Å². The minimum atomic E-state index is -4.83. The van der Waals surface area contributed by atoms with Crippen molar-refractivity contribution in [3.05, 3.63) is 67.9 Å². The molecule has 0 aliphatic rings. The first kappa shape index (κ1) is 21.9. The lowest BCUT2D eigenvalue weighted by Gasteiger charge is -2.23. The summed E-state index contributed by atoms with van der Waals surface area (Å²) in [5.41, 5.74) is -3.51. The lowest BCUT2D eigenvalue weighted by molar-refractivity contribution is -0.147. The fraction of sp³-hybridized carbons (Fsp3) is 0.250. The minimum Gasteiger partial charge on any atom is -0.505 e. The summed E-state index contributed by atoms with van der Waals surface area (Å²) in [5.74, 6) is -1.30. The molecular weight excluding hydrogens is 419 g/mol. The highest BCUT2D eigenvalue weighted by Crippen LogP contribution is 2.38. The number of carbonyl (C=O) groups is 1. The van der Waals surface area contributed by atoms with Gasteiger partial charge in [0.25, 0.3) is 16.8 Å². The first-order chi connectivity index (χ1) is 14.4. The van der Waals surface area contributed by atoms with Crippen LogP contribution in [-0.2, 0) is 0 Å². The van der Waals surface area contributed by atoms with Crippen molar-refractivity contribution in [2.24, 2.45) is 0 Å². The summed E-state index contributed by atoms with van der Waals surface area (Å²) in [6.07, 6.45) is -4.83. The SMILES string of the molecule is Cc1ccc([C@@H](Nc2c(Nc3cccc(C(=O)N(C)C)c3O)c(=O)c2=O)C(F)(F)F)o1. The monoisotopic (exact) mass is 437 g/mol. The number of hydrogen-bond donors (Lipinski definition) is 3. The Bertz CT molecular complexity index is 1210. The van der Waals surface area contributed by atoms with Gasteiger partial charge < -0.3 is 25.1 Å². The first-order valence-electron chi connectivity index (χ1n) is 8.95. The topological polar surface area (TPSA) is 112 Å². The smallest absolute Gasteiger partial charge is 0.415 e. The standard InChI is InChI=1S/C20H18F3N3O5/c1-9-7-8-12(31-9)18(20(21,22)23)25-14-13(16(28)17(14)29)24-11-6-4-5-10(15(11)27)19(30)26(2)3/h4-8,18,24-25,27H,1-3H3/t18-/m1/s1. The number of rotatable bonds is 6. The molecule has 0 radical (unpaired) electrons. The third-order valence-corrected chi connectivity index (χ3v) is 4.50. The third kappa shape index (κ3) is 4.11. The van der Waals surface area contributed by atoms with Crippen LogP contribution in [0.3, 0.4) is 0 Å². The Morgan fingerprint density at radius 3 is 2.29 bits per heavy atom. The molecule has 0 unspecified atom stereocenters. The molecule has 31 heavy (non-hydrogen) atoms. The number of aryl methyl sites for hydroxylation is 1. The zero-order chi connectivity index (χ0) is 23.1. The van der Waals surface area contributed by atoms with Gasteiger partial charge in [-0.3, -0.25) is 14.4 Å². The minimum absolute atomic E-state index is 0.0950. The van der Waals surface area contributed by atoms with Crippen LogP contribution in [0.4, 0.5) is 30.2 Å². The Labute approximate surface area is 173 Å². The average Bonchev–Trinajstić information content (AvgIpc) is 3.12. The molecule has 11 heteroatoms. The van der Waals surface area contributed by atoms with Crippen LogP contribution in [-0.4, -0.2) is 36.2 Å². The van der Waals surface area contributed by atoms with Crippen LogP contribution in [0, 0.1) is 6.92 Å². The molecule has 3 aromatic rings. The van der Waals surface area contributed by atoms with E-state index in [-0.39, 0.29) is 17.0 Å². The second-order valence-electron chi connectivity index (χ2n) is 7.00. The summed E-state index contributed by atoms with van der Waals surface area (Å²) < 4.78 is 45.7. The van der Waals surface area contributed by atoms with Gasteiger partial charge in [-0.05, 0) is 31.2 Å². The Hall–Kier alpha value is -3.76. The lowest BCUT2D eigenvalue weighted by atomic mass is 10.1. The number of carbonyl (C=O) groups excluding carboxylic acids is 1. The Balaban J connectivity index is 1.96. The van der Waals surface area contributed by atoms with Crippen LogP contribution in [0.5, 0.6) is 5.75 Å². The van der Waals surface area contributed by atoms with Gasteiger partial charge in [0.2, 0.25) is 0 Å². The molecule has 0 aliphatic heterocycles. The second kappa shape index (κ2) is 7.82. The maximum Gasteiger partial charge on any atom is 0.415 e. The number of furan rings is 1. The molecule has 0 saturated carbocycles. The van der Waals surface area contributed by atoms with E-state index < -0.39 is 51.9 Å². The number of hydrogen-bond acceptors (Lipinski definition) is 7. The number of nitrogens with one attached hydrogen (secondary N) is 2. The highest BCUT2D eigenvalue weighted by atomic mass is 19.4. The van der Waals surface area contributed by atoms with Gasteiger partial charge in [-0.25, -0.2) is 0 Å². The lowest BCUT2D eigenvalue weighted by Crippen LogP contribution is -2.40. The Morgan fingerprint density at radius 1 is 1.10 bits per heavy atom. The van der Waals surface area contributed by atoms with Gasteiger partial charge in [-0.1, -0.05) is 6.07 Å². The molecule has 3 rings (SSSR count). The zero-order valence-corrected chi connectivity index (χ0v) is 16.6. The summed E-state index contributed by atoms with van der Waals surface area (Å²) in [6.45, 7) is 1.46. The Morgan fingerprint density at radius 2 is 1.74 bits per heavy atom. The molecule has 3 N–H and O–H groups in total. The number of benzene rings is 1. The number of halogens is 3. The quantitative estimate of drug-likeness (QED) is 0.401. The average molecular weight is 437 g/mol. The molecule has 1 aromatic heterocycles. The van der Waals surface area contributed by atoms with Gasteiger partial charge in [-0.15, -0.1) is 0 Å². The van der Waals surface area contributed by atoms with Crippen molar-refractivity contribution >= 4 is 23.0 Å². The van der Waals surface area contributed by atoms with E-state index in [1.54, 1.807) is 0 Å². The summed E-state index contributed by atoms with van der Waals surface area (Å²) in [5, 5.41) is 14.8. The van der Waals surface area contributed by atoms with Crippen molar-refractivity contribution in [1.29, 1.82) is 0 Å². The van der Waals surface area contributed by atoms with E-state index in [0.717, 1.165) is 6.07 Å². The van der Waals surface area contributed by atoms with Crippen molar-refractivity contribution in [3.63, 3.8) is 0 Å². The normalized spacial score (nSPS) is 12.6. The van der Waals surface area contributed by atoms with Crippen molar-refractivity contribution in [3.8, 4) is 5.75 Å². The summed E-state index contributed by atoms with van der Waals surface area (Å²) >= 11 is 0. The third-order valence-electron chi connectivity index (χ3n) is 4.50. The van der Waals surface area contributed by atoms with Gasteiger partial charge in [0.15, 0.2) is 11.8 Å². The molecule has 2 aromatic carbocycles. The number of nitrogens with zero attached hydrogens (tertiary/aromatic N) is 1. The molecule has 0 saturated heterocycles. The Kier molecular flexibility index (Phi) is 5.53. The maximum atomic E-state index is 13.6. The van der Waals surface area contributed by atoms with Crippen LogP contribution >= 0.6 is 0 Å². The molecule has 1 atom stereocenters. The predicted molar refractivity (Wildman–Crippen MR) is 107 cm³/mol. The van der Waals surface area contributed by atoms with E-state index in [1.165, 1.54) is 50.2 Å². The fourth-order valence-corrected chi connectivity index (χ4v) is 2.91. The van der Waals surface area contributed by atoms with Crippen molar-refractivity contribution in [2.75, 3.05) is 24.7 Å². The number of alkyl halides is 3. The van der Waals surface area contributed by atoms with E-state index in [4.69, 9.17) is 4.42 Å². The second-order valence-corrected chi connectivity index (χ2v) is 7.00. The number of phenols is 1. The van der Waals surface area contributed by atoms with Gasteiger partial charge >= 0.3 is 6.18 Å². The molecular formula is C20H18F3N3O5. The van der Waals surface area contributed by atoms with Crippen LogP contribution in [0.15, 0.2) is 44.3 Å². The molecule has 0 bridgehead atoms. The van der Waals surface area contributed by atoms with Gasteiger partial charge in [0, 0.05) is 14.1 Å². The van der Waals surface area contributed by atoms with Crippen LogP contribution in [0.2, 0.25) is 0 Å². The number of para-hydroxylation sites is 1. The van der Waals surface area contributed by atoms with Crippen LogP contribution in [0.25, 0.3) is 0 Å². The van der Waals surface area contributed by atoms with Gasteiger partial charge in [0.05, 0.1) is 11.3 Å². The predicted octanol–water partition coefficient (Wildman–Crippen LogP) is 3.05. The highest BCUT2D eigenvalue weighted by Gasteiger charge is 2.44. The van der Waals surface area contributed by atoms with E-state index in [0.29, 0.717) is 0 Å². The largest absolute Gasteiger partial charge is 0.505 e. The van der Waals surface area contributed by atoms with Crippen LogP contribution < -0.4 is 21.5 Å². The molecule has 8 nitrogen and oxygen atoms in total. The van der Waals surface area contributed by atoms with E-state index in [9.17, 15) is 32.7 Å². The summed E-state index contributed by atoms with van der Waals surface area (Å²) in [4.78, 5) is 37.3. The van der Waals surface area contributed by atoms with Crippen molar-refractivity contribution < 1.29 is 27.5 Å². The fourth-order valence-electron chi connectivity index (χ4n) is 2.91. The van der Waals surface area contributed by atoms with Gasteiger partial charge in [-0.2, -0.15) is 13.2 Å². The summed E-state index contributed by atoms with van der Waals surface area (Å²) in [7, 11) is 2.93. The highest BCUT2D eigenvalue weighted by molar-refractivity contribution is 5.99. The van der Waals surface area contributed by atoms with Crippen LogP contribution in [0.1, 0.15) is 27.9 Å². The molecule has 0 spiro atoms. The molecule has 0 aliphatic carbocycles. The zero-order valence-electron chi connectivity index (χ0n) is 16.6.